The van der Waals surface area contributed by atoms with Crippen LogP contribution in [0.1, 0.15) is 31.9 Å². The highest BCUT2D eigenvalue weighted by Crippen LogP contribution is 2.38. The van der Waals surface area contributed by atoms with Crippen LogP contribution in [0.3, 0.4) is 0 Å². The number of nitrogens with zero attached hydrogens (tertiary/aromatic N) is 1. The molecule has 0 bridgehead atoms. The van der Waals surface area contributed by atoms with Gasteiger partial charge in [0.1, 0.15) is 5.75 Å². The van der Waals surface area contributed by atoms with E-state index in [-0.39, 0.29) is 18.7 Å². The number of aliphatic hydroxyl groups excluding tert-OH is 1. The van der Waals surface area contributed by atoms with Crippen LogP contribution in [-0.2, 0) is 0 Å². The molecule has 1 aliphatic rings. The zero-order valence-corrected chi connectivity index (χ0v) is 12.9. The van der Waals surface area contributed by atoms with E-state index in [0.29, 0.717) is 5.92 Å². The Bertz CT molecular complexity index is 450. The van der Waals surface area contributed by atoms with Gasteiger partial charge < -0.3 is 20.1 Å². The van der Waals surface area contributed by atoms with Crippen molar-refractivity contribution in [3.8, 4) is 5.75 Å². The van der Waals surface area contributed by atoms with Crippen molar-refractivity contribution in [2.45, 2.75) is 32.4 Å². The number of aliphatic hydroxyl groups is 1. The van der Waals surface area contributed by atoms with Crippen LogP contribution in [0.4, 0.5) is 5.69 Å². The Morgan fingerprint density at radius 2 is 2.25 bits per heavy atom. The molecule has 0 aromatic heterocycles. The summed E-state index contributed by atoms with van der Waals surface area (Å²) in [6.07, 6.45) is 1.12. The van der Waals surface area contributed by atoms with Gasteiger partial charge in [-0.25, -0.2) is 0 Å². The Labute approximate surface area is 121 Å². The molecule has 2 rings (SSSR count). The Morgan fingerprint density at radius 3 is 2.85 bits per heavy atom. The number of hydrogen-bond acceptors (Lipinski definition) is 4. The second-order valence-electron chi connectivity index (χ2n) is 5.61. The third kappa shape index (κ3) is 2.63. The number of benzene rings is 1. The van der Waals surface area contributed by atoms with Crippen LogP contribution in [0.15, 0.2) is 18.2 Å². The van der Waals surface area contributed by atoms with Gasteiger partial charge in [0.15, 0.2) is 0 Å². The molecule has 1 saturated heterocycles. The summed E-state index contributed by atoms with van der Waals surface area (Å²) in [4.78, 5) is 2.33. The molecular formula is C16H26N2O2. The van der Waals surface area contributed by atoms with Crippen molar-refractivity contribution in [3.63, 3.8) is 0 Å². The third-order valence-corrected chi connectivity index (χ3v) is 4.51. The van der Waals surface area contributed by atoms with E-state index in [1.807, 2.05) is 19.2 Å². The Morgan fingerprint density at radius 1 is 1.50 bits per heavy atom. The normalized spacial score (nSPS) is 23.9. The highest BCUT2D eigenvalue weighted by Gasteiger charge is 2.33. The number of hydrogen-bond donors (Lipinski definition) is 2. The van der Waals surface area contributed by atoms with Crippen molar-refractivity contribution in [3.05, 3.63) is 23.8 Å². The predicted octanol–water partition coefficient (Wildman–Crippen LogP) is 2.18. The fourth-order valence-corrected chi connectivity index (χ4v) is 3.13. The highest BCUT2D eigenvalue weighted by molar-refractivity contribution is 5.62. The molecule has 3 atom stereocenters. The van der Waals surface area contributed by atoms with E-state index < -0.39 is 0 Å². The van der Waals surface area contributed by atoms with Crippen molar-refractivity contribution < 1.29 is 9.84 Å². The van der Waals surface area contributed by atoms with Gasteiger partial charge in [0.25, 0.3) is 0 Å². The number of anilines is 1. The molecule has 0 aliphatic carbocycles. The summed E-state index contributed by atoms with van der Waals surface area (Å²) < 4.78 is 5.54. The van der Waals surface area contributed by atoms with E-state index in [4.69, 9.17) is 4.74 Å². The molecule has 1 fully saturated rings. The summed E-state index contributed by atoms with van der Waals surface area (Å²) in [6.45, 7) is 5.53. The monoisotopic (exact) mass is 278 g/mol. The van der Waals surface area contributed by atoms with Crippen LogP contribution in [0, 0.1) is 5.92 Å². The standard InChI is InChI=1S/C16H26N2O2/c1-11-8-9-18(14(11)10-19)13-6-5-7-15(20-4)16(13)12(2)17-3/h5-7,11-12,14,17,19H,8-10H2,1-4H3. The molecule has 1 aromatic carbocycles. The van der Waals surface area contributed by atoms with Gasteiger partial charge in [-0.2, -0.15) is 0 Å². The van der Waals surface area contributed by atoms with Crippen molar-refractivity contribution in [2.75, 3.05) is 32.2 Å². The molecule has 0 spiro atoms. The summed E-state index contributed by atoms with van der Waals surface area (Å²) in [5.74, 6) is 1.42. The van der Waals surface area contributed by atoms with Gasteiger partial charge >= 0.3 is 0 Å². The summed E-state index contributed by atoms with van der Waals surface area (Å²) in [5.41, 5.74) is 2.35. The van der Waals surface area contributed by atoms with E-state index in [1.54, 1.807) is 7.11 Å². The minimum absolute atomic E-state index is 0.199. The van der Waals surface area contributed by atoms with Crippen LogP contribution in [0.5, 0.6) is 5.75 Å². The van der Waals surface area contributed by atoms with Crippen LogP contribution < -0.4 is 15.0 Å². The van der Waals surface area contributed by atoms with Gasteiger partial charge in [0, 0.05) is 23.8 Å². The van der Waals surface area contributed by atoms with Crippen LogP contribution in [0.2, 0.25) is 0 Å². The fourth-order valence-electron chi connectivity index (χ4n) is 3.13. The molecule has 0 amide bonds. The smallest absolute Gasteiger partial charge is 0.125 e. The van der Waals surface area contributed by atoms with Crippen molar-refractivity contribution in [1.29, 1.82) is 0 Å². The average Bonchev–Trinajstić information content (AvgIpc) is 2.86. The fraction of sp³-hybridized carbons (Fsp3) is 0.625. The molecule has 1 heterocycles. The SMILES string of the molecule is CNC(C)c1c(OC)cccc1N1CCC(C)C1CO. The first-order valence-electron chi connectivity index (χ1n) is 7.35. The van der Waals surface area contributed by atoms with E-state index in [2.05, 4.69) is 30.1 Å². The minimum atomic E-state index is 0.199. The summed E-state index contributed by atoms with van der Waals surface area (Å²) in [5, 5.41) is 13.0. The molecule has 1 aliphatic heterocycles. The molecule has 0 radical (unpaired) electrons. The van der Waals surface area contributed by atoms with Crippen molar-refractivity contribution >= 4 is 5.69 Å². The molecule has 112 valence electrons. The van der Waals surface area contributed by atoms with Gasteiger partial charge in [0.05, 0.1) is 19.8 Å². The van der Waals surface area contributed by atoms with Gasteiger partial charge in [-0.3, -0.25) is 0 Å². The molecule has 0 saturated carbocycles. The molecule has 4 nitrogen and oxygen atoms in total. The predicted molar refractivity (Wildman–Crippen MR) is 82.5 cm³/mol. The zero-order chi connectivity index (χ0) is 14.7. The second kappa shape index (κ2) is 6.46. The van der Waals surface area contributed by atoms with Crippen molar-refractivity contribution in [1.82, 2.24) is 5.32 Å². The van der Waals surface area contributed by atoms with Crippen molar-refractivity contribution in [2.24, 2.45) is 5.92 Å². The maximum absolute atomic E-state index is 9.69. The highest BCUT2D eigenvalue weighted by atomic mass is 16.5. The van der Waals surface area contributed by atoms with Crippen LogP contribution >= 0.6 is 0 Å². The first-order valence-corrected chi connectivity index (χ1v) is 7.35. The summed E-state index contributed by atoms with van der Waals surface area (Å²) >= 11 is 0. The van der Waals surface area contributed by atoms with Crippen LogP contribution in [-0.4, -0.2) is 38.5 Å². The Hall–Kier alpha value is -1.26. The number of rotatable bonds is 5. The maximum Gasteiger partial charge on any atom is 0.125 e. The largest absolute Gasteiger partial charge is 0.496 e. The number of ether oxygens (including phenoxy) is 1. The third-order valence-electron chi connectivity index (χ3n) is 4.51. The average molecular weight is 278 g/mol. The van der Waals surface area contributed by atoms with E-state index in [9.17, 15) is 5.11 Å². The first-order chi connectivity index (χ1) is 9.63. The van der Waals surface area contributed by atoms with Crippen LogP contribution in [0.25, 0.3) is 0 Å². The topological polar surface area (TPSA) is 44.7 Å². The van der Waals surface area contributed by atoms with E-state index in [1.165, 1.54) is 11.3 Å². The summed E-state index contributed by atoms with van der Waals surface area (Å²) in [6, 6.07) is 6.56. The Balaban J connectivity index is 2.45. The van der Waals surface area contributed by atoms with Gasteiger partial charge in [0.2, 0.25) is 0 Å². The number of nitrogens with one attached hydrogen (secondary N) is 1. The van der Waals surface area contributed by atoms with E-state index >= 15 is 0 Å². The quantitative estimate of drug-likeness (QED) is 0.866. The lowest BCUT2D eigenvalue weighted by atomic mass is 10.0. The van der Waals surface area contributed by atoms with Gasteiger partial charge in [-0.05, 0) is 38.4 Å². The Kier molecular flexibility index (Phi) is 4.89. The lowest BCUT2D eigenvalue weighted by molar-refractivity contribution is 0.244. The van der Waals surface area contributed by atoms with Gasteiger partial charge in [-0.1, -0.05) is 13.0 Å². The number of methoxy groups -OCH3 is 1. The zero-order valence-electron chi connectivity index (χ0n) is 12.9. The molecule has 20 heavy (non-hydrogen) atoms. The molecular weight excluding hydrogens is 252 g/mol. The van der Waals surface area contributed by atoms with E-state index in [0.717, 1.165) is 18.7 Å². The molecule has 1 aromatic rings. The minimum Gasteiger partial charge on any atom is -0.496 e. The van der Waals surface area contributed by atoms with Gasteiger partial charge in [-0.15, -0.1) is 0 Å². The molecule has 2 N–H and O–H groups in total. The lowest BCUT2D eigenvalue weighted by Crippen LogP contribution is -2.36. The summed E-state index contributed by atoms with van der Waals surface area (Å²) in [7, 11) is 3.66. The maximum atomic E-state index is 9.69. The first kappa shape index (κ1) is 15.1. The second-order valence-corrected chi connectivity index (χ2v) is 5.61. The molecule has 4 heteroatoms. The lowest BCUT2D eigenvalue weighted by Gasteiger charge is -2.31. The molecule has 3 unspecified atom stereocenters.